The number of hydrogen-bond donors (Lipinski definition) is 8. The molecule has 1 aliphatic rings. The molecule has 0 spiro atoms. The highest BCUT2D eigenvalue weighted by atomic mass is 32.2. The van der Waals surface area contributed by atoms with Gasteiger partial charge >= 0.3 is 0 Å². The fourth-order valence-corrected chi connectivity index (χ4v) is 7.44. The van der Waals surface area contributed by atoms with E-state index in [9.17, 15) is 27.6 Å². The van der Waals surface area contributed by atoms with Crippen LogP contribution in [0.2, 0.25) is 0 Å². The van der Waals surface area contributed by atoms with E-state index in [-0.39, 0.29) is 63.8 Å². The van der Waals surface area contributed by atoms with Crippen LogP contribution in [0.1, 0.15) is 57.2 Å². The van der Waals surface area contributed by atoms with Gasteiger partial charge in [-0.1, -0.05) is 18.6 Å². The second kappa shape index (κ2) is 22.5. The van der Waals surface area contributed by atoms with Crippen molar-refractivity contribution in [1.82, 2.24) is 30.9 Å². The highest BCUT2D eigenvalue weighted by Gasteiger charge is 2.36. The summed E-state index contributed by atoms with van der Waals surface area (Å²) in [5.41, 5.74) is 19.6. The third-order valence-corrected chi connectivity index (χ3v) is 10.7. The lowest BCUT2D eigenvalue weighted by atomic mass is 9.93. The second-order valence-electron chi connectivity index (χ2n) is 14.0. The van der Waals surface area contributed by atoms with Crippen LogP contribution in [0.4, 0.5) is 0 Å². The van der Waals surface area contributed by atoms with E-state index in [2.05, 4.69) is 26.0 Å². The smallest absolute Gasteiger partial charge is 0.247 e. The number of ketones is 1. The molecule has 0 saturated heterocycles. The minimum absolute atomic E-state index is 0.150. The van der Waals surface area contributed by atoms with Crippen LogP contribution in [0.15, 0.2) is 36.4 Å². The monoisotopic (exact) mass is 803 g/mol. The van der Waals surface area contributed by atoms with Gasteiger partial charge in [0.15, 0.2) is 5.78 Å². The van der Waals surface area contributed by atoms with E-state index >= 15 is 0 Å². The average Bonchev–Trinajstić information content (AvgIpc) is 3.16. The number of carbonyl (C=O) groups is 4. The predicted octanol–water partition coefficient (Wildman–Crippen LogP) is -0.723. The zero-order chi connectivity index (χ0) is 41.4. The van der Waals surface area contributed by atoms with Gasteiger partial charge in [-0.3, -0.25) is 19.2 Å². The van der Waals surface area contributed by atoms with Gasteiger partial charge in [0.2, 0.25) is 27.7 Å². The third kappa shape index (κ3) is 13.5. The van der Waals surface area contributed by atoms with Crippen molar-refractivity contribution in [2.24, 2.45) is 17.2 Å². The fourth-order valence-electron chi connectivity index (χ4n) is 6.19. The molecule has 3 rings (SSSR count). The molecular formula is C38H61N9O8S. The van der Waals surface area contributed by atoms with Crippen LogP contribution in [-0.2, 0) is 35.6 Å². The predicted molar refractivity (Wildman–Crippen MR) is 215 cm³/mol. The van der Waals surface area contributed by atoms with E-state index in [0.717, 1.165) is 5.56 Å². The lowest BCUT2D eigenvalue weighted by molar-refractivity contribution is -0.140. The van der Waals surface area contributed by atoms with E-state index in [1.807, 2.05) is 12.1 Å². The molecule has 1 heterocycles. The Morgan fingerprint density at radius 3 is 2.23 bits per heavy atom. The molecule has 3 amide bonds. The van der Waals surface area contributed by atoms with Gasteiger partial charge in [0.25, 0.3) is 0 Å². The number of sulfonamides is 1. The van der Waals surface area contributed by atoms with Crippen molar-refractivity contribution in [2.75, 3.05) is 65.8 Å². The van der Waals surface area contributed by atoms with E-state index in [1.165, 1.54) is 18.9 Å². The number of benzene rings is 2. The van der Waals surface area contributed by atoms with Crippen molar-refractivity contribution >= 4 is 33.5 Å². The number of rotatable bonds is 20. The molecule has 0 saturated carbocycles. The van der Waals surface area contributed by atoms with Crippen LogP contribution >= 0.6 is 0 Å². The van der Waals surface area contributed by atoms with E-state index < -0.39 is 58.0 Å². The molecule has 312 valence electrons. The van der Waals surface area contributed by atoms with Crippen LogP contribution in [-0.4, -0.2) is 127 Å². The Labute approximate surface area is 330 Å². The molecule has 0 unspecified atom stereocenters. The van der Waals surface area contributed by atoms with Gasteiger partial charge in [-0.2, -0.15) is 0 Å². The van der Waals surface area contributed by atoms with Crippen molar-refractivity contribution in [3.8, 4) is 22.6 Å². The van der Waals surface area contributed by atoms with Gasteiger partial charge in [0, 0.05) is 50.4 Å². The SMILES string of the molecule is CNCCS(=O)(=O)N[C@@H](CCCCN)C(=O)N(C)[C@@H]1C(=O)N[C@@H](C)CN[C@H](C(=O)N[C@@H](C)C(C)=O)Cc2ccc(OCCN)c(c2)-c2cc1ccc2OCCN. The number of carbonyl (C=O) groups excluding carboxylic acids is 4. The minimum Gasteiger partial charge on any atom is -0.492 e. The largest absolute Gasteiger partial charge is 0.492 e. The summed E-state index contributed by atoms with van der Waals surface area (Å²) < 4.78 is 40.9. The lowest BCUT2D eigenvalue weighted by Crippen LogP contribution is -2.54. The van der Waals surface area contributed by atoms with E-state index in [1.54, 1.807) is 45.2 Å². The quantitative estimate of drug-likeness (QED) is 0.0770. The summed E-state index contributed by atoms with van der Waals surface area (Å²) in [6.07, 6.45) is 1.41. The molecule has 17 nitrogen and oxygen atoms in total. The number of nitrogens with two attached hydrogens (primary N) is 3. The van der Waals surface area contributed by atoms with Gasteiger partial charge in [0.1, 0.15) is 36.8 Å². The van der Waals surface area contributed by atoms with Crippen LogP contribution in [0, 0.1) is 0 Å². The maximum Gasteiger partial charge on any atom is 0.247 e. The maximum absolute atomic E-state index is 14.4. The summed E-state index contributed by atoms with van der Waals surface area (Å²) in [6.45, 7) is 6.25. The van der Waals surface area contributed by atoms with Gasteiger partial charge < -0.3 is 52.8 Å². The maximum atomic E-state index is 14.4. The van der Waals surface area contributed by atoms with Crippen molar-refractivity contribution in [3.63, 3.8) is 0 Å². The summed E-state index contributed by atoms with van der Waals surface area (Å²) in [5.74, 6) is -1.15. The first-order valence-corrected chi connectivity index (χ1v) is 20.7. The first kappa shape index (κ1) is 46.2. The molecule has 4 bridgehead atoms. The Kier molecular flexibility index (Phi) is 18.6. The Morgan fingerprint density at radius 2 is 1.62 bits per heavy atom. The number of nitrogens with one attached hydrogen (secondary N) is 5. The second-order valence-corrected chi connectivity index (χ2v) is 15.9. The van der Waals surface area contributed by atoms with Crippen molar-refractivity contribution in [1.29, 1.82) is 0 Å². The number of fused-ring (bicyclic) bond motifs is 5. The molecule has 1 aliphatic heterocycles. The molecule has 0 aromatic heterocycles. The number of unbranched alkanes of at least 4 members (excludes halogenated alkanes) is 1. The highest BCUT2D eigenvalue weighted by Crippen LogP contribution is 2.40. The standard InChI is InChI=1S/C38H61N9O8S/c1-24-23-43-32(36(49)45-25(2)26(3)48)21-27-9-11-33(54-17-14-40)29(20-27)30-22-28(10-12-34(30)55-18-15-41)35(37(50)44-24)47(5)38(51)31(8-6-7-13-39)46-56(52,53)19-16-42-4/h9-12,20,22,24-25,31-32,35,42-43,46H,6-8,13-19,21,23,39-41H2,1-5H3,(H,44,50)(H,45,49)/t24-,25-,31-,32-,35-/m0/s1. The highest BCUT2D eigenvalue weighted by molar-refractivity contribution is 7.89. The topological polar surface area (TPSA) is 262 Å². The summed E-state index contributed by atoms with van der Waals surface area (Å²) >= 11 is 0. The summed E-state index contributed by atoms with van der Waals surface area (Å²) in [4.78, 5) is 55.7. The van der Waals surface area contributed by atoms with Gasteiger partial charge in [0.05, 0.1) is 17.8 Å². The first-order valence-electron chi connectivity index (χ1n) is 19.0. The minimum atomic E-state index is -3.89. The molecule has 2 aromatic rings. The molecule has 5 atom stereocenters. The van der Waals surface area contributed by atoms with Gasteiger partial charge in [-0.25, -0.2) is 13.1 Å². The van der Waals surface area contributed by atoms with Crippen molar-refractivity contribution in [2.45, 2.75) is 76.7 Å². The fraction of sp³-hybridized carbons (Fsp3) is 0.579. The molecule has 0 aliphatic carbocycles. The average molecular weight is 804 g/mol. The zero-order valence-electron chi connectivity index (χ0n) is 33.2. The molecule has 11 N–H and O–H groups in total. The summed E-state index contributed by atoms with van der Waals surface area (Å²) in [7, 11) is -0.800. The van der Waals surface area contributed by atoms with Crippen LogP contribution in [0.3, 0.4) is 0 Å². The van der Waals surface area contributed by atoms with E-state index in [0.29, 0.717) is 47.6 Å². The van der Waals surface area contributed by atoms with Crippen molar-refractivity contribution < 1.29 is 37.1 Å². The number of hydrogen-bond acceptors (Lipinski definition) is 13. The van der Waals surface area contributed by atoms with Crippen LogP contribution < -0.4 is 52.7 Å². The number of amides is 3. The van der Waals surface area contributed by atoms with Crippen LogP contribution in [0.5, 0.6) is 11.5 Å². The number of nitrogens with zero attached hydrogens (tertiary/aromatic N) is 1. The molecule has 56 heavy (non-hydrogen) atoms. The molecule has 2 aromatic carbocycles. The molecule has 0 fully saturated rings. The first-order chi connectivity index (χ1) is 26.7. The normalized spacial score (nSPS) is 18.5. The Balaban J connectivity index is 2.25. The summed E-state index contributed by atoms with van der Waals surface area (Å²) in [6, 6.07) is 6.07. The Hall–Kier alpha value is -4.17. The van der Waals surface area contributed by atoms with Crippen LogP contribution in [0.25, 0.3) is 11.1 Å². The zero-order valence-corrected chi connectivity index (χ0v) is 34.0. The lowest BCUT2D eigenvalue weighted by Gasteiger charge is -2.33. The number of ether oxygens (including phenoxy) is 2. The number of Topliss-reactive ketones (excluding diaryl/α,β-unsaturated/α-hetero) is 1. The Bertz CT molecular complexity index is 1750. The van der Waals surface area contributed by atoms with E-state index in [4.69, 9.17) is 26.7 Å². The summed E-state index contributed by atoms with van der Waals surface area (Å²) in [5, 5.41) is 11.8. The third-order valence-electron chi connectivity index (χ3n) is 9.36. The molecular weight excluding hydrogens is 743 g/mol. The Morgan fingerprint density at radius 1 is 0.982 bits per heavy atom. The van der Waals surface area contributed by atoms with Gasteiger partial charge in [-0.05, 0) is 89.0 Å². The molecule has 0 radical (unpaired) electrons. The van der Waals surface area contributed by atoms with Gasteiger partial charge in [-0.15, -0.1) is 0 Å². The number of likely N-dealkylation sites (N-methyl/N-ethyl adjacent to an activating group) is 1. The molecule has 18 heteroatoms. The van der Waals surface area contributed by atoms with Crippen molar-refractivity contribution in [3.05, 3.63) is 47.5 Å².